The van der Waals surface area contributed by atoms with Crippen LogP contribution in [0.25, 0.3) is 5.76 Å². The number of hydrogen-bond acceptors (Lipinski definition) is 4. The minimum absolute atomic E-state index is 0.0721. The van der Waals surface area contributed by atoms with Crippen molar-refractivity contribution < 1.29 is 19.1 Å². The number of aliphatic hydroxyl groups is 1. The Morgan fingerprint density at radius 3 is 2.42 bits per heavy atom. The maximum absolute atomic E-state index is 14.0. The Hall–Kier alpha value is -3.80. The van der Waals surface area contributed by atoms with Crippen molar-refractivity contribution in [2.45, 2.75) is 39.2 Å². The molecule has 6 heteroatoms. The van der Waals surface area contributed by atoms with Crippen LogP contribution >= 0.6 is 0 Å². The Labute approximate surface area is 192 Å². The second kappa shape index (κ2) is 8.28. The molecule has 3 aromatic rings. The van der Waals surface area contributed by atoms with E-state index in [4.69, 9.17) is 0 Å². The Balaban J connectivity index is 1.98. The fourth-order valence-electron chi connectivity index (χ4n) is 4.03. The number of carbonyl (C=O) groups is 2. The van der Waals surface area contributed by atoms with Crippen molar-refractivity contribution in [3.8, 4) is 0 Å². The van der Waals surface area contributed by atoms with E-state index in [-0.39, 0.29) is 22.4 Å². The number of nitrogens with zero attached hydrogens (tertiary/aromatic N) is 2. The van der Waals surface area contributed by atoms with Gasteiger partial charge in [0.25, 0.3) is 11.7 Å². The Kier molecular flexibility index (Phi) is 5.62. The highest BCUT2D eigenvalue weighted by Crippen LogP contribution is 2.42. The first-order valence-corrected chi connectivity index (χ1v) is 10.7. The molecule has 0 aliphatic carbocycles. The Morgan fingerprint density at radius 1 is 1.03 bits per heavy atom. The molecule has 0 bridgehead atoms. The molecular formula is C27H25FN2O3. The quantitative estimate of drug-likeness (QED) is 0.331. The molecule has 2 aromatic carbocycles. The van der Waals surface area contributed by atoms with Crippen LogP contribution in [0.1, 0.15) is 49.2 Å². The van der Waals surface area contributed by atoms with Gasteiger partial charge in [0.1, 0.15) is 17.6 Å². The van der Waals surface area contributed by atoms with E-state index in [1.165, 1.54) is 23.1 Å². The fourth-order valence-corrected chi connectivity index (χ4v) is 4.03. The average molecular weight is 445 g/mol. The van der Waals surface area contributed by atoms with Gasteiger partial charge in [0.05, 0.1) is 11.3 Å². The van der Waals surface area contributed by atoms with Crippen LogP contribution in [0, 0.1) is 12.7 Å². The number of aromatic nitrogens is 1. The highest BCUT2D eigenvalue weighted by Gasteiger charge is 2.47. The predicted octanol–water partition coefficient (Wildman–Crippen LogP) is 5.45. The Morgan fingerprint density at radius 2 is 1.79 bits per heavy atom. The van der Waals surface area contributed by atoms with Crippen molar-refractivity contribution in [3.63, 3.8) is 0 Å². The molecule has 0 saturated carbocycles. The first kappa shape index (κ1) is 22.4. The predicted molar refractivity (Wildman–Crippen MR) is 125 cm³/mol. The lowest BCUT2D eigenvalue weighted by atomic mass is 9.84. The third kappa shape index (κ3) is 4.04. The molecule has 33 heavy (non-hydrogen) atoms. The SMILES string of the molecule is Cc1ccc(C(C)(C)C)cc1/C(O)=C1\C(=O)C(=O)N(c2cccc(F)c2)C1c1ccccn1. The zero-order valence-corrected chi connectivity index (χ0v) is 19.0. The first-order chi connectivity index (χ1) is 15.6. The van der Waals surface area contributed by atoms with Gasteiger partial charge in [-0.25, -0.2) is 4.39 Å². The maximum Gasteiger partial charge on any atom is 0.300 e. The van der Waals surface area contributed by atoms with Gasteiger partial charge in [-0.05, 0) is 59.9 Å². The number of halogens is 1. The van der Waals surface area contributed by atoms with Crippen LogP contribution in [0.5, 0.6) is 0 Å². The molecule has 0 spiro atoms. The summed E-state index contributed by atoms with van der Waals surface area (Å²) in [6.45, 7) is 7.99. The molecule has 1 aliphatic rings. The van der Waals surface area contributed by atoms with Crippen molar-refractivity contribution in [2.24, 2.45) is 0 Å². The summed E-state index contributed by atoms with van der Waals surface area (Å²) in [5.74, 6) is -2.50. The number of rotatable bonds is 3. The number of aryl methyl sites for hydroxylation is 1. The minimum atomic E-state index is -0.995. The molecule has 1 aromatic heterocycles. The number of pyridine rings is 1. The normalized spacial score (nSPS) is 18.1. The summed E-state index contributed by atoms with van der Waals surface area (Å²) in [5.41, 5.74) is 2.56. The molecule has 1 amide bonds. The van der Waals surface area contributed by atoms with Crippen LogP contribution in [-0.2, 0) is 15.0 Å². The summed E-state index contributed by atoms with van der Waals surface area (Å²) in [5, 5.41) is 11.4. The number of aliphatic hydroxyl groups excluding tert-OH is 1. The van der Waals surface area contributed by atoms with Crippen molar-refractivity contribution in [1.29, 1.82) is 0 Å². The van der Waals surface area contributed by atoms with Crippen molar-refractivity contribution in [1.82, 2.24) is 4.98 Å². The lowest BCUT2D eigenvalue weighted by molar-refractivity contribution is -0.132. The number of ketones is 1. The third-order valence-electron chi connectivity index (χ3n) is 5.86. The van der Waals surface area contributed by atoms with Crippen LogP contribution in [0.2, 0.25) is 0 Å². The Bertz CT molecular complexity index is 1280. The number of benzene rings is 2. The lowest BCUT2D eigenvalue weighted by Gasteiger charge is -2.25. The second-order valence-electron chi connectivity index (χ2n) is 9.18. The number of carbonyl (C=O) groups excluding carboxylic acids is 2. The highest BCUT2D eigenvalue weighted by molar-refractivity contribution is 6.51. The smallest absolute Gasteiger partial charge is 0.300 e. The van der Waals surface area contributed by atoms with Gasteiger partial charge in [0.15, 0.2) is 0 Å². The maximum atomic E-state index is 14.0. The molecule has 2 heterocycles. The van der Waals surface area contributed by atoms with Gasteiger partial charge in [-0.1, -0.05) is 45.0 Å². The van der Waals surface area contributed by atoms with Gasteiger partial charge in [-0.3, -0.25) is 19.5 Å². The molecule has 168 valence electrons. The average Bonchev–Trinajstić information content (AvgIpc) is 3.04. The summed E-state index contributed by atoms with van der Waals surface area (Å²) in [4.78, 5) is 31.9. The summed E-state index contributed by atoms with van der Waals surface area (Å²) in [6, 6.07) is 15.3. The van der Waals surface area contributed by atoms with Crippen molar-refractivity contribution in [3.05, 3.63) is 101 Å². The molecule has 1 fully saturated rings. The van der Waals surface area contributed by atoms with Gasteiger partial charge in [0.2, 0.25) is 0 Å². The van der Waals surface area contributed by atoms with Gasteiger partial charge in [-0.2, -0.15) is 0 Å². The lowest BCUT2D eigenvalue weighted by Crippen LogP contribution is -2.29. The van der Waals surface area contributed by atoms with E-state index in [0.717, 1.165) is 11.1 Å². The molecule has 1 atom stereocenters. The van der Waals surface area contributed by atoms with Crippen molar-refractivity contribution >= 4 is 23.1 Å². The van der Waals surface area contributed by atoms with Gasteiger partial charge >= 0.3 is 0 Å². The number of amides is 1. The third-order valence-corrected chi connectivity index (χ3v) is 5.86. The zero-order valence-electron chi connectivity index (χ0n) is 19.0. The van der Waals surface area contributed by atoms with Crippen LogP contribution in [0.4, 0.5) is 10.1 Å². The largest absolute Gasteiger partial charge is 0.507 e. The molecule has 1 N–H and O–H groups in total. The second-order valence-corrected chi connectivity index (χ2v) is 9.18. The van der Waals surface area contributed by atoms with E-state index in [0.29, 0.717) is 11.3 Å². The standard InChI is InChI=1S/C27H25FN2O3/c1-16-11-12-17(27(2,3)4)14-20(16)24(31)22-23(21-10-5-6-13-29-21)30(26(33)25(22)32)19-9-7-8-18(28)15-19/h5-15,23,31H,1-4H3/b24-22+. The number of hydrogen-bond donors (Lipinski definition) is 1. The van der Waals surface area contributed by atoms with Gasteiger partial charge in [0, 0.05) is 17.4 Å². The van der Waals surface area contributed by atoms with Crippen molar-refractivity contribution in [2.75, 3.05) is 4.90 Å². The summed E-state index contributed by atoms with van der Waals surface area (Å²) in [7, 11) is 0. The first-order valence-electron chi connectivity index (χ1n) is 10.7. The molecule has 5 nitrogen and oxygen atoms in total. The molecule has 4 rings (SSSR count). The molecular weight excluding hydrogens is 419 g/mol. The van der Waals surface area contributed by atoms with E-state index in [9.17, 15) is 19.1 Å². The number of anilines is 1. The van der Waals surface area contributed by atoms with E-state index >= 15 is 0 Å². The van der Waals surface area contributed by atoms with Crippen LogP contribution in [0.15, 0.2) is 72.4 Å². The van der Waals surface area contributed by atoms with Gasteiger partial charge < -0.3 is 5.11 Å². The van der Waals surface area contributed by atoms with E-state index in [1.54, 1.807) is 30.5 Å². The van der Waals surface area contributed by atoms with E-state index < -0.39 is 23.5 Å². The molecule has 1 aliphatic heterocycles. The topological polar surface area (TPSA) is 70.5 Å². The molecule has 0 radical (unpaired) electrons. The summed E-state index contributed by atoms with van der Waals surface area (Å²) >= 11 is 0. The van der Waals surface area contributed by atoms with Gasteiger partial charge in [-0.15, -0.1) is 0 Å². The minimum Gasteiger partial charge on any atom is -0.507 e. The zero-order chi connectivity index (χ0) is 23.9. The van der Waals surface area contributed by atoms with Crippen LogP contribution < -0.4 is 4.90 Å². The number of Topliss-reactive ketones (excluding diaryl/α,β-unsaturated/α-hetero) is 1. The molecule has 1 saturated heterocycles. The molecule has 1 unspecified atom stereocenters. The fraction of sp³-hybridized carbons (Fsp3) is 0.222. The summed E-state index contributed by atoms with van der Waals surface area (Å²) < 4.78 is 14.0. The van der Waals surface area contributed by atoms with Crippen LogP contribution in [0.3, 0.4) is 0 Å². The summed E-state index contributed by atoms with van der Waals surface area (Å²) in [6.07, 6.45) is 1.55. The van der Waals surface area contributed by atoms with Crippen LogP contribution in [-0.4, -0.2) is 21.8 Å². The van der Waals surface area contributed by atoms with E-state index in [1.807, 2.05) is 25.1 Å². The monoisotopic (exact) mass is 444 g/mol. The highest BCUT2D eigenvalue weighted by atomic mass is 19.1. The van der Waals surface area contributed by atoms with E-state index in [2.05, 4.69) is 25.8 Å².